The number of pyridine rings is 1. The van der Waals surface area contributed by atoms with Crippen molar-refractivity contribution in [2.24, 2.45) is 0 Å². The van der Waals surface area contributed by atoms with E-state index in [1.165, 1.54) is 11.8 Å². The third-order valence-corrected chi connectivity index (χ3v) is 3.27. The Hall–Kier alpha value is -2.39. The van der Waals surface area contributed by atoms with Crippen molar-refractivity contribution in [2.45, 2.75) is 5.16 Å². The molecule has 92 valence electrons. The van der Waals surface area contributed by atoms with Gasteiger partial charge in [0.05, 0.1) is 11.4 Å². The molecule has 3 aromatic heterocycles. The summed E-state index contributed by atoms with van der Waals surface area (Å²) in [7, 11) is 0. The van der Waals surface area contributed by atoms with Gasteiger partial charge >= 0.3 is 0 Å². The molecule has 0 aliphatic rings. The van der Waals surface area contributed by atoms with Crippen molar-refractivity contribution < 1.29 is 0 Å². The fourth-order valence-electron chi connectivity index (χ4n) is 1.62. The number of fused-ring (bicyclic) bond motifs is 1. The lowest BCUT2D eigenvalue weighted by molar-refractivity contribution is 0.812. The van der Waals surface area contributed by atoms with Crippen molar-refractivity contribution in [3.05, 3.63) is 36.5 Å². The summed E-state index contributed by atoms with van der Waals surface area (Å²) in [4.78, 5) is 4.28. The van der Waals surface area contributed by atoms with Gasteiger partial charge in [-0.15, -0.1) is 16.6 Å². The average molecular weight is 267 g/mol. The maximum absolute atomic E-state index is 5.25. The lowest BCUT2D eigenvalue weighted by Gasteiger charge is -2.01. The van der Waals surface area contributed by atoms with Crippen LogP contribution in [0.3, 0.4) is 0 Å². The Morgan fingerprint density at radius 2 is 2.11 bits per heavy atom. The molecule has 3 aromatic rings. The minimum atomic E-state index is 0.538. The Bertz CT molecular complexity index is 745. The molecule has 0 saturated carbocycles. The predicted octanol–water partition coefficient (Wildman–Crippen LogP) is 1.91. The maximum Gasteiger partial charge on any atom is 0.213 e. The molecule has 19 heavy (non-hydrogen) atoms. The summed E-state index contributed by atoms with van der Waals surface area (Å²) < 4.78 is 1.69. The third kappa shape index (κ3) is 2.28. The molecular weight excluding hydrogens is 258 g/mol. The van der Waals surface area contributed by atoms with Gasteiger partial charge in [0.15, 0.2) is 5.65 Å². The summed E-state index contributed by atoms with van der Waals surface area (Å²) in [6.45, 7) is 0. The topological polar surface area (TPSA) is 56.0 Å². The normalized spacial score (nSPS) is 10.5. The van der Waals surface area contributed by atoms with Gasteiger partial charge in [0.25, 0.3) is 0 Å². The second-order valence-corrected chi connectivity index (χ2v) is 4.62. The molecular formula is C13H9N5S. The van der Waals surface area contributed by atoms with Crippen LogP contribution in [-0.2, 0) is 0 Å². The van der Waals surface area contributed by atoms with E-state index >= 15 is 0 Å². The summed E-state index contributed by atoms with van der Waals surface area (Å²) in [5.41, 5.74) is 2.28. The van der Waals surface area contributed by atoms with Crippen LogP contribution in [0.25, 0.3) is 17.0 Å². The molecule has 3 rings (SSSR count). The Morgan fingerprint density at radius 1 is 1.16 bits per heavy atom. The molecule has 0 bridgehead atoms. The first-order chi connectivity index (χ1) is 9.38. The Morgan fingerprint density at radius 3 is 2.89 bits per heavy atom. The Kier molecular flexibility index (Phi) is 3.12. The zero-order valence-corrected chi connectivity index (χ0v) is 10.7. The van der Waals surface area contributed by atoms with Crippen LogP contribution < -0.4 is 0 Å². The minimum absolute atomic E-state index is 0.538. The number of hydrogen-bond acceptors (Lipinski definition) is 5. The zero-order chi connectivity index (χ0) is 13.1. The molecule has 0 spiro atoms. The lowest BCUT2D eigenvalue weighted by atomic mass is 10.2. The highest BCUT2D eigenvalue weighted by Crippen LogP contribution is 2.18. The largest absolute Gasteiger partial charge is 0.255 e. The van der Waals surface area contributed by atoms with Crippen molar-refractivity contribution in [3.63, 3.8) is 0 Å². The smallest absolute Gasteiger partial charge is 0.213 e. The lowest BCUT2D eigenvalue weighted by Crippen LogP contribution is -1.97. The summed E-state index contributed by atoms with van der Waals surface area (Å²) >= 11 is 1.43. The molecule has 0 saturated heterocycles. The first kappa shape index (κ1) is 11.7. The van der Waals surface area contributed by atoms with Crippen LogP contribution in [0.1, 0.15) is 0 Å². The van der Waals surface area contributed by atoms with E-state index in [0.717, 1.165) is 11.4 Å². The number of terminal acetylenes is 1. The second-order valence-electron chi connectivity index (χ2n) is 3.68. The highest BCUT2D eigenvalue weighted by Gasteiger charge is 2.08. The number of aromatic nitrogens is 5. The molecule has 5 nitrogen and oxygen atoms in total. The fraction of sp³-hybridized carbons (Fsp3) is 0.0769. The summed E-state index contributed by atoms with van der Waals surface area (Å²) in [6.07, 6.45) is 6.99. The monoisotopic (exact) mass is 267 g/mol. The van der Waals surface area contributed by atoms with E-state index in [1.807, 2.05) is 30.3 Å². The van der Waals surface area contributed by atoms with Crippen LogP contribution in [0.4, 0.5) is 0 Å². The van der Waals surface area contributed by atoms with Crippen LogP contribution >= 0.6 is 11.8 Å². The minimum Gasteiger partial charge on any atom is -0.255 e. The number of rotatable bonds is 3. The fourth-order valence-corrected chi connectivity index (χ4v) is 2.18. The molecule has 0 fully saturated rings. The highest BCUT2D eigenvalue weighted by atomic mass is 32.2. The van der Waals surface area contributed by atoms with Gasteiger partial charge in [-0.2, -0.15) is 9.61 Å². The molecule has 0 radical (unpaired) electrons. The molecule has 0 aliphatic carbocycles. The van der Waals surface area contributed by atoms with Crippen LogP contribution in [0.5, 0.6) is 0 Å². The second kappa shape index (κ2) is 5.08. The van der Waals surface area contributed by atoms with Crippen molar-refractivity contribution in [2.75, 3.05) is 5.75 Å². The van der Waals surface area contributed by atoms with E-state index in [0.29, 0.717) is 16.6 Å². The molecule has 0 unspecified atom stereocenters. The highest BCUT2D eigenvalue weighted by molar-refractivity contribution is 7.99. The first-order valence-electron chi connectivity index (χ1n) is 5.58. The van der Waals surface area contributed by atoms with Gasteiger partial charge in [0.2, 0.25) is 5.16 Å². The Labute approximate surface area is 114 Å². The standard InChI is InChI=1S/C13H9N5S/c1-2-9-19-13-16-15-12-7-6-11(17-18(12)13)10-5-3-4-8-14-10/h1,3-8H,9H2. The summed E-state index contributed by atoms with van der Waals surface area (Å²) in [6, 6.07) is 9.45. The van der Waals surface area contributed by atoms with E-state index < -0.39 is 0 Å². The quantitative estimate of drug-likeness (QED) is 0.536. The molecule has 0 amide bonds. The zero-order valence-electron chi connectivity index (χ0n) is 9.89. The van der Waals surface area contributed by atoms with Crippen molar-refractivity contribution >= 4 is 17.4 Å². The predicted molar refractivity (Wildman–Crippen MR) is 73.6 cm³/mol. The molecule has 0 atom stereocenters. The number of thioether (sulfide) groups is 1. The summed E-state index contributed by atoms with van der Waals surface area (Å²) in [5, 5.41) is 13.3. The maximum atomic E-state index is 5.25. The number of hydrogen-bond donors (Lipinski definition) is 0. The summed E-state index contributed by atoms with van der Waals surface area (Å²) in [5.74, 6) is 3.10. The van der Waals surface area contributed by atoms with E-state index in [4.69, 9.17) is 6.42 Å². The Balaban J connectivity index is 2.07. The van der Waals surface area contributed by atoms with E-state index in [-0.39, 0.29) is 0 Å². The van der Waals surface area contributed by atoms with Crippen LogP contribution in [0.15, 0.2) is 41.7 Å². The van der Waals surface area contributed by atoms with E-state index in [9.17, 15) is 0 Å². The SMILES string of the molecule is C#CCSc1nnc2ccc(-c3ccccn3)nn12. The number of nitrogens with zero attached hydrogens (tertiary/aromatic N) is 5. The van der Waals surface area contributed by atoms with E-state index in [2.05, 4.69) is 26.2 Å². The van der Waals surface area contributed by atoms with Crippen molar-refractivity contribution in [1.29, 1.82) is 0 Å². The van der Waals surface area contributed by atoms with Gasteiger partial charge in [-0.05, 0) is 24.3 Å². The molecule has 3 heterocycles. The van der Waals surface area contributed by atoms with Gasteiger partial charge < -0.3 is 0 Å². The van der Waals surface area contributed by atoms with Gasteiger partial charge in [0.1, 0.15) is 5.69 Å². The van der Waals surface area contributed by atoms with Gasteiger partial charge in [-0.25, -0.2) is 0 Å². The molecule has 0 N–H and O–H groups in total. The third-order valence-electron chi connectivity index (χ3n) is 2.45. The van der Waals surface area contributed by atoms with Crippen LogP contribution in [-0.4, -0.2) is 30.5 Å². The van der Waals surface area contributed by atoms with E-state index in [1.54, 1.807) is 10.7 Å². The molecule has 0 aliphatic heterocycles. The van der Waals surface area contributed by atoms with Crippen molar-refractivity contribution in [3.8, 4) is 23.7 Å². The molecule has 0 aromatic carbocycles. The van der Waals surface area contributed by atoms with Gasteiger partial charge in [0, 0.05) is 6.20 Å². The van der Waals surface area contributed by atoms with Crippen LogP contribution in [0.2, 0.25) is 0 Å². The van der Waals surface area contributed by atoms with Crippen molar-refractivity contribution in [1.82, 2.24) is 24.8 Å². The molecule has 6 heteroatoms. The first-order valence-corrected chi connectivity index (χ1v) is 6.57. The van der Waals surface area contributed by atoms with Crippen LogP contribution in [0, 0.1) is 12.3 Å². The average Bonchev–Trinajstić information content (AvgIpc) is 2.88. The van der Waals surface area contributed by atoms with Gasteiger partial charge in [-0.1, -0.05) is 23.7 Å². The van der Waals surface area contributed by atoms with Gasteiger partial charge in [-0.3, -0.25) is 4.98 Å².